The fourth-order valence-corrected chi connectivity index (χ4v) is 1.50. The smallest absolute Gasteiger partial charge is 0.405 e. The zero-order valence-electron chi connectivity index (χ0n) is 8.85. The van der Waals surface area contributed by atoms with Gasteiger partial charge >= 0.3 is 6.09 Å². The summed E-state index contributed by atoms with van der Waals surface area (Å²) in [6, 6.07) is 2.84. The van der Waals surface area contributed by atoms with E-state index in [9.17, 15) is 4.79 Å². The molecule has 2 atom stereocenters. The summed E-state index contributed by atoms with van der Waals surface area (Å²) in [7, 11) is 0. The lowest BCUT2D eigenvalue weighted by molar-refractivity contribution is 0.187. The zero-order chi connectivity index (χ0) is 12.1. The Kier molecular flexibility index (Phi) is 4.31. The van der Waals surface area contributed by atoms with Crippen molar-refractivity contribution in [1.82, 2.24) is 10.3 Å². The van der Waals surface area contributed by atoms with E-state index in [1.54, 1.807) is 24.4 Å². The lowest BCUT2D eigenvalue weighted by Gasteiger charge is -2.20. The molecule has 1 aromatic heterocycles. The van der Waals surface area contributed by atoms with Gasteiger partial charge in [-0.25, -0.2) is 4.79 Å². The van der Waals surface area contributed by atoms with Crippen molar-refractivity contribution in [3.63, 3.8) is 0 Å². The number of hydrogen-bond acceptors (Lipinski definition) is 2. The van der Waals surface area contributed by atoms with Crippen LogP contribution in [0.25, 0.3) is 0 Å². The summed E-state index contributed by atoms with van der Waals surface area (Å²) in [5.41, 5.74) is 0.585. The van der Waals surface area contributed by atoms with Gasteiger partial charge in [0.2, 0.25) is 0 Å². The summed E-state index contributed by atoms with van der Waals surface area (Å²) in [4.78, 5) is 14.8. The second-order valence-electron chi connectivity index (χ2n) is 3.42. The first-order chi connectivity index (χ1) is 7.54. The average Bonchev–Trinajstić information content (AvgIpc) is 2.24. The van der Waals surface area contributed by atoms with Gasteiger partial charge in [0.05, 0.1) is 11.7 Å². The molecule has 0 aromatic carbocycles. The van der Waals surface area contributed by atoms with E-state index in [2.05, 4.69) is 16.9 Å². The van der Waals surface area contributed by atoms with Crippen molar-refractivity contribution in [2.45, 2.75) is 13.0 Å². The van der Waals surface area contributed by atoms with Crippen molar-refractivity contribution in [3.8, 4) is 0 Å². The summed E-state index contributed by atoms with van der Waals surface area (Å²) in [6.07, 6.45) is 2.12. The maximum atomic E-state index is 10.7. The van der Waals surface area contributed by atoms with E-state index in [1.165, 1.54) is 0 Å². The Balaban J connectivity index is 3.00. The van der Waals surface area contributed by atoms with E-state index in [1.807, 2.05) is 6.92 Å². The van der Waals surface area contributed by atoms with Crippen LogP contribution in [0.4, 0.5) is 4.79 Å². The van der Waals surface area contributed by atoms with Crippen molar-refractivity contribution in [3.05, 3.63) is 41.7 Å². The van der Waals surface area contributed by atoms with E-state index in [0.717, 1.165) is 0 Å². The molecule has 1 heterocycles. The third-order valence-electron chi connectivity index (χ3n) is 2.24. The number of carboxylic acid groups (broad SMARTS) is 1. The average molecular weight is 241 g/mol. The minimum absolute atomic E-state index is 0.0675. The van der Waals surface area contributed by atoms with E-state index in [-0.39, 0.29) is 5.92 Å². The predicted molar refractivity (Wildman–Crippen MR) is 62.5 cm³/mol. The zero-order valence-corrected chi connectivity index (χ0v) is 9.61. The molecular weight excluding hydrogens is 228 g/mol. The van der Waals surface area contributed by atoms with E-state index in [0.29, 0.717) is 10.7 Å². The number of aromatic nitrogens is 1. The molecule has 2 N–H and O–H groups in total. The molecule has 0 fully saturated rings. The standard InChI is InChI=1S/C11H13ClN2O2/c1-3-7(2)10(14-11(15)16)9-6-8(12)4-5-13-9/h3-7,10,14H,1H2,2H3,(H,15,16)/t7-,10-/m0/s1. The molecule has 4 nitrogen and oxygen atoms in total. The van der Waals surface area contributed by atoms with Crippen molar-refractivity contribution < 1.29 is 9.90 Å². The molecule has 16 heavy (non-hydrogen) atoms. The van der Waals surface area contributed by atoms with Crippen LogP contribution in [-0.2, 0) is 0 Å². The van der Waals surface area contributed by atoms with Gasteiger partial charge in [0.1, 0.15) is 0 Å². The number of pyridine rings is 1. The summed E-state index contributed by atoms with van der Waals surface area (Å²) in [5.74, 6) is -0.0675. The van der Waals surface area contributed by atoms with E-state index >= 15 is 0 Å². The summed E-state index contributed by atoms with van der Waals surface area (Å²) in [6.45, 7) is 5.50. The molecule has 86 valence electrons. The Morgan fingerprint density at radius 1 is 1.75 bits per heavy atom. The van der Waals surface area contributed by atoms with E-state index < -0.39 is 12.1 Å². The molecule has 0 aliphatic rings. The molecule has 0 unspecified atom stereocenters. The monoisotopic (exact) mass is 240 g/mol. The lowest BCUT2D eigenvalue weighted by Crippen LogP contribution is -2.31. The van der Waals surface area contributed by atoms with Gasteiger partial charge in [-0.05, 0) is 18.1 Å². The summed E-state index contributed by atoms with van der Waals surface area (Å²) >= 11 is 5.83. The normalized spacial score (nSPS) is 13.9. The first-order valence-electron chi connectivity index (χ1n) is 4.78. The minimum atomic E-state index is -1.10. The van der Waals surface area contributed by atoms with Crippen molar-refractivity contribution in [2.75, 3.05) is 0 Å². The second-order valence-corrected chi connectivity index (χ2v) is 3.86. The molecule has 0 aliphatic carbocycles. The fraction of sp³-hybridized carbons (Fsp3) is 0.273. The van der Waals surface area contributed by atoms with Crippen LogP contribution in [0, 0.1) is 5.92 Å². The Morgan fingerprint density at radius 2 is 2.44 bits per heavy atom. The molecule has 0 aliphatic heterocycles. The van der Waals surface area contributed by atoms with Crippen LogP contribution in [0.15, 0.2) is 31.0 Å². The Bertz CT molecular complexity index is 395. The van der Waals surface area contributed by atoms with Crippen LogP contribution in [0.1, 0.15) is 18.7 Å². The van der Waals surface area contributed by atoms with Crippen LogP contribution < -0.4 is 5.32 Å². The third-order valence-corrected chi connectivity index (χ3v) is 2.47. The highest BCUT2D eigenvalue weighted by atomic mass is 35.5. The number of carbonyl (C=O) groups is 1. The molecule has 0 radical (unpaired) electrons. The van der Waals surface area contributed by atoms with Crippen molar-refractivity contribution >= 4 is 17.7 Å². The number of halogens is 1. The van der Waals surface area contributed by atoms with Crippen molar-refractivity contribution in [1.29, 1.82) is 0 Å². The Labute approximate surface area is 99.0 Å². The first-order valence-corrected chi connectivity index (χ1v) is 5.16. The molecule has 0 saturated carbocycles. The maximum absolute atomic E-state index is 10.7. The molecule has 1 rings (SSSR count). The molecule has 1 amide bonds. The maximum Gasteiger partial charge on any atom is 0.405 e. The molecule has 0 spiro atoms. The number of rotatable bonds is 4. The van der Waals surface area contributed by atoms with Gasteiger partial charge in [0, 0.05) is 11.2 Å². The summed E-state index contributed by atoms with van der Waals surface area (Å²) < 4.78 is 0. The van der Waals surface area contributed by atoms with Crippen molar-refractivity contribution in [2.24, 2.45) is 5.92 Å². The second kappa shape index (κ2) is 5.51. The topological polar surface area (TPSA) is 62.2 Å². The minimum Gasteiger partial charge on any atom is -0.465 e. The highest BCUT2D eigenvalue weighted by Crippen LogP contribution is 2.22. The fourth-order valence-electron chi connectivity index (χ4n) is 1.34. The number of hydrogen-bond donors (Lipinski definition) is 2. The van der Waals surface area contributed by atoms with Gasteiger partial charge in [-0.1, -0.05) is 24.6 Å². The van der Waals surface area contributed by atoms with Gasteiger partial charge in [0.15, 0.2) is 0 Å². The largest absolute Gasteiger partial charge is 0.465 e. The molecular formula is C11H13ClN2O2. The quantitative estimate of drug-likeness (QED) is 0.796. The highest BCUT2D eigenvalue weighted by molar-refractivity contribution is 6.30. The van der Waals surface area contributed by atoms with Crippen LogP contribution in [0.3, 0.4) is 0 Å². The highest BCUT2D eigenvalue weighted by Gasteiger charge is 2.20. The number of nitrogens with one attached hydrogen (secondary N) is 1. The molecule has 5 heteroatoms. The summed E-state index contributed by atoms with van der Waals surface area (Å²) in [5, 5.41) is 11.7. The molecule has 1 aromatic rings. The molecule has 0 saturated heterocycles. The van der Waals surface area contributed by atoms with Crippen LogP contribution in [-0.4, -0.2) is 16.2 Å². The van der Waals surface area contributed by atoms with Gasteiger partial charge in [-0.15, -0.1) is 6.58 Å². The third kappa shape index (κ3) is 3.24. The predicted octanol–water partition coefficient (Wildman–Crippen LogP) is 2.87. The molecule has 0 bridgehead atoms. The Morgan fingerprint density at radius 3 is 2.94 bits per heavy atom. The Hall–Kier alpha value is -1.55. The number of nitrogens with zero attached hydrogens (tertiary/aromatic N) is 1. The van der Waals surface area contributed by atoms with Crippen LogP contribution >= 0.6 is 11.6 Å². The van der Waals surface area contributed by atoms with Gasteiger partial charge in [-0.2, -0.15) is 0 Å². The van der Waals surface area contributed by atoms with Gasteiger partial charge in [0.25, 0.3) is 0 Å². The lowest BCUT2D eigenvalue weighted by atomic mass is 9.99. The van der Waals surface area contributed by atoms with Crippen LogP contribution in [0.2, 0.25) is 5.02 Å². The van der Waals surface area contributed by atoms with Gasteiger partial charge < -0.3 is 10.4 Å². The van der Waals surface area contributed by atoms with Gasteiger partial charge in [-0.3, -0.25) is 4.98 Å². The SMILES string of the molecule is C=C[C@H](C)[C@H](NC(=O)O)c1cc(Cl)ccn1. The number of amides is 1. The first kappa shape index (κ1) is 12.5. The van der Waals surface area contributed by atoms with Crippen LogP contribution in [0.5, 0.6) is 0 Å². The van der Waals surface area contributed by atoms with E-state index in [4.69, 9.17) is 16.7 Å².